The molecule has 0 atom stereocenters. The van der Waals surface area contributed by atoms with Crippen LogP contribution in [0.3, 0.4) is 0 Å². The average Bonchev–Trinajstić information content (AvgIpc) is 2.66. The molecule has 1 heterocycles. The lowest BCUT2D eigenvalue weighted by Crippen LogP contribution is -2.54. The molecule has 0 aromatic heterocycles. The molecule has 9 heteroatoms. The van der Waals surface area contributed by atoms with Gasteiger partial charge in [0.2, 0.25) is 0 Å². The molecule has 1 N–H and O–H groups in total. The Labute approximate surface area is 197 Å². The number of imide groups is 2. The van der Waals surface area contributed by atoms with Gasteiger partial charge < -0.3 is 4.74 Å². The first-order valence-corrected chi connectivity index (χ1v) is 10.9. The fraction of sp³-hybridized carbons (Fsp3) is 0.0500. The Hall–Kier alpha value is -1.98. The molecule has 6 nitrogen and oxygen atoms in total. The van der Waals surface area contributed by atoms with E-state index in [9.17, 15) is 14.4 Å². The van der Waals surface area contributed by atoms with Crippen LogP contribution in [0.15, 0.2) is 63.6 Å². The molecule has 0 bridgehead atoms. The summed E-state index contributed by atoms with van der Waals surface area (Å²) in [5.41, 5.74) is 0.823. The highest BCUT2D eigenvalue weighted by Gasteiger charge is 2.36. The molecule has 1 saturated heterocycles. The third kappa shape index (κ3) is 4.78. The van der Waals surface area contributed by atoms with Crippen LogP contribution in [0.5, 0.6) is 5.75 Å². The van der Waals surface area contributed by atoms with Crippen LogP contribution >= 0.6 is 54.5 Å². The van der Waals surface area contributed by atoms with Crippen molar-refractivity contribution in [3.05, 3.63) is 72.7 Å². The zero-order valence-electron chi connectivity index (χ0n) is 14.7. The van der Waals surface area contributed by atoms with Crippen LogP contribution in [0.2, 0.25) is 0 Å². The number of ether oxygens (including phenoxy) is 1. The number of hydrogen-bond donors (Lipinski definition) is 1. The highest BCUT2D eigenvalue weighted by atomic mass is 127. The SMILES string of the molecule is C=CCOc1c(Br)cc(/C=C2\C(=O)NC(=O)N(c3ccc(Br)cc3)C2=O)cc1I. The van der Waals surface area contributed by atoms with E-state index in [4.69, 9.17) is 4.74 Å². The van der Waals surface area contributed by atoms with Crippen molar-refractivity contribution in [2.24, 2.45) is 0 Å². The highest BCUT2D eigenvalue weighted by Crippen LogP contribution is 2.33. The van der Waals surface area contributed by atoms with E-state index in [-0.39, 0.29) is 5.57 Å². The van der Waals surface area contributed by atoms with Crippen LogP contribution in [-0.4, -0.2) is 24.5 Å². The molecule has 0 unspecified atom stereocenters. The van der Waals surface area contributed by atoms with Crippen molar-refractivity contribution in [2.45, 2.75) is 0 Å². The molecule has 1 aliphatic heterocycles. The molecule has 2 aromatic carbocycles. The number of anilines is 1. The first-order valence-electron chi connectivity index (χ1n) is 8.21. The summed E-state index contributed by atoms with van der Waals surface area (Å²) >= 11 is 8.85. The van der Waals surface area contributed by atoms with Gasteiger partial charge in [0.1, 0.15) is 17.9 Å². The number of barbiturate groups is 1. The lowest BCUT2D eigenvalue weighted by atomic mass is 10.1. The second kappa shape index (κ2) is 9.23. The molecule has 1 aliphatic rings. The summed E-state index contributed by atoms with van der Waals surface area (Å²) in [5.74, 6) is -0.801. The van der Waals surface area contributed by atoms with Gasteiger partial charge in [-0.3, -0.25) is 14.9 Å². The Balaban J connectivity index is 1.98. The number of nitrogens with one attached hydrogen (secondary N) is 1. The van der Waals surface area contributed by atoms with E-state index in [1.54, 1.807) is 42.5 Å². The molecule has 0 radical (unpaired) electrons. The Morgan fingerprint density at radius 2 is 1.83 bits per heavy atom. The molecular weight excluding hydrogens is 619 g/mol. The van der Waals surface area contributed by atoms with Gasteiger partial charge in [0.05, 0.1) is 13.7 Å². The summed E-state index contributed by atoms with van der Waals surface area (Å²) in [6.07, 6.45) is 3.08. The summed E-state index contributed by atoms with van der Waals surface area (Å²) < 4.78 is 7.86. The average molecular weight is 632 g/mol. The molecule has 1 fully saturated rings. The Bertz CT molecular complexity index is 1030. The van der Waals surface area contributed by atoms with Gasteiger partial charge in [-0.2, -0.15) is 0 Å². The van der Waals surface area contributed by atoms with Gasteiger partial charge >= 0.3 is 6.03 Å². The highest BCUT2D eigenvalue weighted by molar-refractivity contribution is 14.1. The van der Waals surface area contributed by atoms with E-state index < -0.39 is 17.8 Å². The Kier molecular flexibility index (Phi) is 6.91. The lowest BCUT2D eigenvalue weighted by molar-refractivity contribution is -0.122. The summed E-state index contributed by atoms with van der Waals surface area (Å²) in [4.78, 5) is 38.4. The maximum absolute atomic E-state index is 12.9. The van der Waals surface area contributed by atoms with E-state index in [0.29, 0.717) is 28.1 Å². The molecule has 148 valence electrons. The topological polar surface area (TPSA) is 75.7 Å². The Morgan fingerprint density at radius 3 is 2.45 bits per heavy atom. The molecule has 0 aliphatic carbocycles. The van der Waals surface area contributed by atoms with Crippen molar-refractivity contribution in [3.8, 4) is 5.75 Å². The van der Waals surface area contributed by atoms with Crippen molar-refractivity contribution in [2.75, 3.05) is 11.5 Å². The fourth-order valence-electron chi connectivity index (χ4n) is 2.59. The number of halogens is 3. The van der Waals surface area contributed by atoms with Gasteiger partial charge in [0.25, 0.3) is 11.8 Å². The van der Waals surface area contributed by atoms with E-state index in [0.717, 1.165) is 12.9 Å². The molecular formula is C20H13Br2IN2O4. The minimum atomic E-state index is -0.789. The molecule has 2 aromatic rings. The van der Waals surface area contributed by atoms with Crippen LogP contribution in [-0.2, 0) is 9.59 Å². The predicted octanol–water partition coefficient (Wildman–Crippen LogP) is 5.05. The Morgan fingerprint density at radius 1 is 1.14 bits per heavy atom. The number of benzene rings is 2. The van der Waals surface area contributed by atoms with Crippen LogP contribution in [0, 0.1) is 3.57 Å². The largest absolute Gasteiger partial charge is 0.487 e. The molecule has 29 heavy (non-hydrogen) atoms. The number of urea groups is 1. The van der Waals surface area contributed by atoms with Crippen molar-refractivity contribution in [3.63, 3.8) is 0 Å². The van der Waals surface area contributed by atoms with Gasteiger partial charge in [-0.1, -0.05) is 28.6 Å². The van der Waals surface area contributed by atoms with Gasteiger partial charge in [-0.05, 0) is 86.6 Å². The number of rotatable bonds is 5. The summed E-state index contributed by atoms with van der Waals surface area (Å²) in [6.45, 7) is 3.97. The third-order valence-corrected chi connectivity index (χ3v) is 5.78. The van der Waals surface area contributed by atoms with E-state index >= 15 is 0 Å². The second-order valence-corrected chi connectivity index (χ2v) is 8.78. The van der Waals surface area contributed by atoms with Crippen molar-refractivity contribution in [1.29, 1.82) is 0 Å². The molecule has 0 spiro atoms. The fourth-order valence-corrected chi connectivity index (χ4v) is 4.62. The summed E-state index contributed by atoms with van der Waals surface area (Å²) in [6, 6.07) is 9.35. The first-order chi connectivity index (χ1) is 13.8. The smallest absolute Gasteiger partial charge is 0.335 e. The third-order valence-electron chi connectivity index (χ3n) is 3.86. The maximum Gasteiger partial charge on any atom is 0.335 e. The van der Waals surface area contributed by atoms with Crippen molar-refractivity contribution in [1.82, 2.24) is 5.32 Å². The van der Waals surface area contributed by atoms with Gasteiger partial charge in [-0.25, -0.2) is 9.69 Å². The van der Waals surface area contributed by atoms with Gasteiger partial charge in [-0.15, -0.1) is 0 Å². The number of hydrogen-bond acceptors (Lipinski definition) is 4. The molecule has 0 saturated carbocycles. The monoisotopic (exact) mass is 630 g/mol. The predicted molar refractivity (Wildman–Crippen MR) is 126 cm³/mol. The normalized spacial score (nSPS) is 15.5. The van der Waals surface area contributed by atoms with Crippen LogP contribution in [0.25, 0.3) is 6.08 Å². The zero-order chi connectivity index (χ0) is 21.1. The zero-order valence-corrected chi connectivity index (χ0v) is 20.1. The second-order valence-electron chi connectivity index (χ2n) is 5.85. The van der Waals surface area contributed by atoms with E-state index in [1.165, 1.54) is 6.08 Å². The van der Waals surface area contributed by atoms with Crippen LogP contribution < -0.4 is 15.0 Å². The molecule has 4 amide bonds. The number of carbonyl (C=O) groups is 3. The number of nitrogens with zero attached hydrogens (tertiary/aromatic N) is 1. The van der Waals surface area contributed by atoms with Gasteiger partial charge in [0, 0.05) is 4.47 Å². The molecule has 3 rings (SSSR count). The quantitative estimate of drug-likeness (QED) is 0.217. The number of carbonyl (C=O) groups excluding carboxylic acids is 3. The lowest BCUT2D eigenvalue weighted by Gasteiger charge is -2.26. The summed E-state index contributed by atoms with van der Waals surface area (Å²) in [5, 5.41) is 2.21. The van der Waals surface area contributed by atoms with Crippen molar-refractivity contribution < 1.29 is 19.1 Å². The standard InChI is InChI=1S/C20H13Br2IN2O4/c1-2-7-29-17-15(22)9-11(10-16(17)23)8-14-18(26)24-20(28)25(19(14)27)13-5-3-12(21)4-6-13/h2-6,8-10H,1,7H2,(H,24,26,28)/b14-8+. The minimum Gasteiger partial charge on any atom is -0.487 e. The maximum atomic E-state index is 12.9. The number of amides is 4. The van der Waals surface area contributed by atoms with Gasteiger partial charge in [0.15, 0.2) is 0 Å². The summed E-state index contributed by atoms with van der Waals surface area (Å²) in [7, 11) is 0. The van der Waals surface area contributed by atoms with Crippen LogP contribution in [0.1, 0.15) is 5.56 Å². The van der Waals surface area contributed by atoms with Crippen LogP contribution in [0.4, 0.5) is 10.5 Å². The van der Waals surface area contributed by atoms with Crippen molar-refractivity contribution >= 4 is 84.1 Å². The first kappa shape index (κ1) is 21.7. The minimum absolute atomic E-state index is 0.144. The van der Waals surface area contributed by atoms with E-state index in [2.05, 4.69) is 66.3 Å². The van der Waals surface area contributed by atoms with E-state index in [1.807, 2.05) is 0 Å².